The number of fused-ring (bicyclic) bond motifs is 2. The van der Waals surface area contributed by atoms with Crippen LogP contribution in [0.5, 0.6) is 0 Å². The summed E-state index contributed by atoms with van der Waals surface area (Å²) in [7, 11) is 0. The Morgan fingerprint density at radius 2 is 1.90 bits per heavy atom. The molecule has 0 aromatic heterocycles. The quantitative estimate of drug-likeness (QED) is 0.258. The van der Waals surface area contributed by atoms with Gasteiger partial charge in [-0.1, -0.05) is 18.2 Å². The van der Waals surface area contributed by atoms with Crippen LogP contribution in [0.15, 0.2) is 57.4 Å². The van der Waals surface area contributed by atoms with E-state index in [1.54, 1.807) is 19.1 Å². The Kier molecular flexibility index (Phi) is 5.83. The number of esters is 1. The van der Waals surface area contributed by atoms with Gasteiger partial charge >= 0.3 is 5.97 Å². The van der Waals surface area contributed by atoms with Crippen molar-refractivity contribution in [1.82, 2.24) is 0 Å². The second-order valence-corrected chi connectivity index (χ2v) is 8.12. The van der Waals surface area contributed by atoms with Crippen LogP contribution < -0.4 is 10.7 Å². The average molecular weight is 479 g/mol. The van der Waals surface area contributed by atoms with E-state index < -0.39 is 0 Å². The molecule has 0 saturated heterocycles. The zero-order valence-corrected chi connectivity index (χ0v) is 19.2. The zero-order valence-electron chi connectivity index (χ0n) is 17.6. The second-order valence-electron chi connectivity index (χ2n) is 7.26. The number of benzene rings is 3. The molecule has 2 aromatic rings. The lowest BCUT2D eigenvalue weighted by molar-refractivity contribution is 0.0527. The van der Waals surface area contributed by atoms with Crippen molar-refractivity contribution in [3.8, 4) is 22.5 Å². The number of hydrogen-bond donors (Lipinski definition) is 2. The van der Waals surface area contributed by atoms with Crippen LogP contribution in [0.2, 0.25) is 0 Å². The third kappa shape index (κ3) is 3.83. The van der Waals surface area contributed by atoms with Gasteiger partial charge in [0.1, 0.15) is 11.3 Å². The molecule has 31 heavy (non-hydrogen) atoms. The van der Waals surface area contributed by atoms with Crippen molar-refractivity contribution in [2.45, 2.75) is 20.8 Å². The fourth-order valence-electron chi connectivity index (χ4n) is 3.82. The predicted octanol–water partition coefficient (Wildman–Crippen LogP) is 6.36. The molecule has 2 aliphatic rings. The molecule has 1 heterocycles. The van der Waals surface area contributed by atoms with Crippen molar-refractivity contribution in [2.24, 2.45) is 0 Å². The summed E-state index contributed by atoms with van der Waals surface area (Å²) < 4.78 is 12.2. The maximum Gasteiger partial charge on any atom is 0.338 e. The van der Waals surface area contributed by atoms with Crippen LogP contribution >= 0.6 is 15.9 Å². The van der Waals surface area contributed by atoms with Gasteiger partial charge in [-0.15, -0.1) is 0 Å². The average Bonchev–Trinajstić information content (AvgIpc) is 2.75. The zero-order chi connectivity index (χ0) is 22.1. The number of halogens is 1. The molecule has 2 N–H and O–H groups in total. The second kappa shape index (κ2) is 8.55. The smallest absolute Gasteiger partial charge is 0.338 e. The van der Waals surface area contributed by atoms with Gasteiger partial charge in [-0.2, -0.15) is 0 Å². The molecule has 6 heteroatoms. The predicted molar refractivity (Wildman–Crippen MR) is 127 cm³/mol. The summed E-state index contributed by atoms with van der Waals surface area (Å²) in [5.74, 6) is 0.220. The molecule has 0 spiro atoms. The van der Waals surface area contributed by atoms with Gasteiger partial charge in [-0.05, 0) is 66.0 Å². The van der Waals surface area contributed by atoms with Crippen LogP contribution in [-0.4, -0.2) is 19.1 Å². The normalized spacial score (nSPS) is 11.1. The van der Waals surface area contributed by atoms with Gasteiger partial charge in [0.25, 0.3) is 0 Å². The van der Waals surface area contributed by atoms with Gasteiger partial charge in [0.05, 0.1) is 17.5 Å². The van der Waals surface area contributed by atoms with E-state index >= 15 is 0 Å². The van der Waals surface area contributed by atoms with E-state index in [0.717, 1.165) is 39.9 Å². The van der Waals surface area contributed by atoms with E-state index in [-0.39, 0.29) is 5.97 Å². The monoisotopic (exact) mass is 478 g/mol. The summed E-state index contributed by atoms with van der Waals surface area (Å²) in [5, 5.41) is 12.8. The Balaban J connectivity index is 2.15. The lowest BCUT2D eigenvalue weighted by atomic mass is 9.90. The van der Waals surface area contributed by atoms with Crippen LogP contribution in [0, 0.1) is 12.3 Å². The number of anilines is 1. The fourth-order valence-corrected chi connectivity index (χ4v) is 4.17. The fraction of sp³-hybridized carbons (Fsp3) is 0.200. The Morgan fingerprint density at radius 1 is 1.13 bits per heavy atom. The highest BCUT2D eigenvalue weighted by molar-refractivity contribution is 9.10. The molecule has 2 aromatic carbocycles. The topological polar surface area (TPSA) is 75.3 Å². The molecule has 4 rings (SSSR count). The number of hydrogen-bond acceptors (Lipinski definition) is 5. The number of carbonyl (C=O) groups excluding carboxylic acids is 1. The maximum atomic E-state index is 12.7. The Hall–Kier alpha value is -3.12. The molecule has 1 aliphatic heterocycles. The molecule has 0 amide bonds. The molecule has 0 atom stereocenters. The molecular formula is C25H23BrN2O3. The molecule has 0 saturated carbocycles. The number of ether oxygens (including phenoxy) is 1. The minimum absolute atomic E-state index is 0.303. The van der Waals surface area contributed by atoms with E-state index in [1.165, 1.54) is 0 Å². The molecule has 0 unspecified atom stereocenters. The highest BCUT2D eigenvalue weighted by Crippen LogP contribution is 2.43. The van der Waals surface area contributed by atoms with Crippen LogP contribution in [-0.2, 0) is 4.74 Å². The molecular weight excluding hydrogens is 456 g/mol. The van der Waals surface area contributed by atoms with Crippen LogP contribution in [0.1, 0.15) is 29.8 Å². The first-order valence-electron chi connectivity index (χ1n) is 10.2. The molecule has 0 radical (unpaired) electrons. The first-order valence-corrected chi connectivity index (χ1v) is 11.0. The minimum Gasteiger partial charge on any atom is -0.462 e. The molecule has 0 fully saturated rings. The lowest BCUT2D eigenvalue weighted by Gasteiger charge is -2.19. The van der Waals surface area contributed by atoms with E-state index in [9.17, 15) is 4.79 Å². The summed E-state index contributed by atoms with van der Waals surface area (Å²) in [6.07, 6.45) is 0. The lowest BCUT2D eigenvalue weighted by Crippen LogP contribution is -2.08. The Morgan fingerprint density at radius 3 is 2.65 bits per heavy atom. The van der Waals surface area contributed by atoms with Gasteiger partial charge in [-0.25, -0.2) is 4.79 Å². The molecule has 1 aliphatic carbocycles. The van der Waals surface area contributed by atoms with Crippen LogP contribution in [0.4, 0.5) is 5.69 Å². The van der Waals surface area contributed by atoms with Crippen molar-refractivity contribution in [2.75, 3.05) is 18.5 Å². The van der Waals surface area contributed by atoms with Gasteiger partial charge in [0.2, 0.25) is 0 Å². The van der Waals surface area contributed by atoms with E-state index in [2.05, 4.69) is 27.3 Å². The van der Waals surface area contributed by atoms with Crippen LogP contribution in [0.3, 0.4) is 0 Å². The molecule has 158 valence electrons. The highest BCUT2D eigenvalue weighted by atomic mass is 79.9. The van der Waals surface area contributed by atoms with Gasteiger partial charge in [0, 0.05) is 45.4 Å². The standard InChI is InChI=1S/C25H23BrN2O3/c1-4-28-21-13-23-17(10-14(21)3)24(18-11-19(26)20(27)12-22(18)31-23)15-8-6-7-9-16(15)25(29)30-5-2/h6-13,27-28H,4-5H2,1-3H3. The summed E-state index contributed by atoms with van der Waals surface area (Å²) in [6.45, 7) is 6.99. The summed E-state index contributed by atoms with van der Waals surface area (Å²) in [4.78, 5) is 12.7. The first-order chi connectivity index (χ1) is 14.9. The SMILES string of the molecule is CCNc1cc2oc3cc(=N)c(Br)cc-3c(-c3ccccc3C(=O)OCC)c2cc1C. The third-order valence-electron chi connectivity index (χ3n) is 5.21. The Labute approximate surface area is 189 Å². The summed E-state index contributed by atoms with van der Waals surface area (Å²) in [6, 6.07) is 15.1. The van der Waals surface area contributed by atoms with Crippen molar-refractivity contribution in [3.63, 3.8) is 0 Å². The molecule has 5 nitrogen and oxygen atoms in total. The molecule has 0 bridgehead atoms. The maximum absolute atomic E-state index is 12.7. The van der Waals surface area contributed by atoms with E-state index in [1.807, 2.05) is 44.2 Å². The first kappa shape index (κ1) is 21.1. The number of rotatable bonds is 5. The van der Waals surface area contributed by atoms with Crippen molar-refractivity contribution < 1.29 is 13.9 Å². The minimum atomic E-state index is -0.364. The van der Waals surface area contributed by atoms with Crippen molar-refractivity contribution >= 4 is 38.6 Å². The van der Waals surface area contributed by atoms with Gasteiger partial charge in [-0.3, -0.25) is 5.41 Å². The highest BCUT2D eigenvalue weighted by Gasteiger charge is 2.23. The van der Waals surface area contributed by atoms with Crippen molar-refractivity contribution in [3.05, 3.63) is 69.5 Å². The van der Waals surface area contributed by atoms with E-state index in [4.69, 9.17) is 14.6 Å². The summed E-state index contributed by atoms with van der Waals surface area (Å²) in [5.41, 5.74) is 5.73. The van der Waals surface area contributed by atoms with Crippen molar-refractivity contribution in [1.29, 1.82) is 5.41 Å². The number of carbonyl (C=O) groups is 1. The number of nitrogens with one attached hydrogen (secondary N) is 2. The van der Waals surface area contributed by atoms with E-state index in [0.29, 0.717) is 33.3 Å². The van der Waals surface area contributed by atoms with Crippen LogP contribution in [0.25, 0.3) is 33.4 Å². The Bertz CT molecular complexity index is 1330. The van der Waals surface area contributed by atoms with Gasteiger partial charge in [0.15, 0.2) is 0 Å². The third-order valence-corrected chi connectivity index (χ3v) is 5.87. The number of aryl methyl sites for hydroxylation is 1. The largest absolute Gasteiger partial charge is 0.462 e. The summed E-state index contributed by atoms with van der Waals surface area (Å²) >= 11 is 3.48. The van der Waals surface area contributed by atoms with Gasteiger partial charge < -0.3 is 14.5 Å².